The van der Waals surface area contributed by atoms with Crippen molar-refractivity contribution in [2.45, 2.75) is 11.3 Å². The number of benzene rings is 2. The Labute approximate surface area is 153 Å². The van der Waals surface area contributed by atoms with Crippen molar-refractivity contribution in [3.63, 3.8) is 0 Å². The van der Waals surface area contributed by atoms with E-state index in [1.807, 2.05) is 42.1 Å². The first-order chi connectivity index (χ1) is 12.5. The summed E-state index contributed by atoms with van der Waals surface area (Å²) in [7, 11) is 1.34. The first-order valence-electron chi connectivity index (χ1n) is 8.21. The van der Waals surface area contributed by atoms with Gasteiger partial charge < -0.3 is 14.0 Å². The van der Waals surface area contributed by atoms with E-state index in [9.17, 15) is 8.42 Å². The lowest BCUT2D eigenvalue weighted by Gasteiger charge is -2.11. The molecule has 0 aliphatic carbocycles. The standard InChI is InChI=1S/C19H22N2O4S/c1-21-13-14(16-6-4-5-7-17(16)21)10-11-20-26(22,23)15-8-9-18(24-2)19(12-15)25-3/h4-9,12-13,20H,10-11H2,1-3H3. The number of nitrogens with zero attached hydrogens (tertiary/aromatic N) is 1. The summed E-state index contributed by atoms with van der Waals surface area (Å²) < 4.78 is 40.1. The zero-order chi connectivity index (χ0) is 18.7. The molecule has 3 rings (SSSR count). The van der Waals surface area contributed by atoms with Gasteiger partial charge in [-0.25, -0.2) is 13.1 Å². The maximum Gasteiger partial charge on any atom is 0.240 e. The number of aryl methyl sites for hydroxylation is 1. The van der Waals surface area contributed by atoms with Gasteiger partial charge >= 0.3 is 0 Å². The fourth-order valence-electron chi connectivity index (χ4n) is 3.01. The van der Waals surface area contributed by atoms with E-state index in [0.717, 1.165) is 16.5 Å². The Morgan fingerprint density at radius 1 is 1.04 bits per heavy atom. The molecule has 0 aliphatic rings. The largest absolute Gasteiger partial charge is 0.493 e. The van der Waals surface area contributed by atoms with E-state index in [0.29, 0.717) is 24.5 Å². The highest BCUT2D eigenvalue weighted by molar-refractivity contribution is 7.89. The Hall–Kier alpha value is -2.51. The fourth-order valence-corrected chi connectivity index (χ4v) is 4.06. The van der Waals surface area contributed by atoms with E-state index in [1.54, 1.807) is 6.07 Å². The maximum absolute atomic E-state index is 12.5. The number of rotatable bonds is 7. The van der Waals surface area contributed by atoms with Gasteiger partial charge in [-0.15, -0.1) is 0 Å². The Bertz CT molecular complexity index is 1030. The summed E-state index contributed by atoms with van der Waals surface area (Å²) in [4.78, 5) is 0.146. The molecule has 7 heteroatoms. The molecule has 1 N–H and O–H groups in total. The summed E-state index contributed by atoms with van der Waals surface area (Å²) in [6.07, 6.45) is 2.64. The minimum absolute atomic E-state index is 0.146. The number of para-hydroxylation sites is 1. The van der Waals surface area contributed by atoms with Crippen molar-refractivity contribution in [3.05, 3.63) is 54.2 Å². The highest BCUT2D eigenvalue weighted by Gasteiger charge is 2.17. The lowest BCUT2D eigenvalue weighted by Crippen LogP contribution is -2.26. The highest BCUT2D eigenvalue weighted by atomic mass is 32.2. The van der Waals surface area contributed by atoms with E-state index in [2.05, 4.69) is 4.72 Å². The van der Waals surface area contributed by atoms with Gasteiger partial charge in [0.25, 0.3) is 0 Å². The Balaban J connectivity index is 1.74. The van der Waals surface area contributed by atoms with Crippen LogP contribution in [-0.2, 0) is 23.5 Å². The van der Waals surface area contributed by atoms with Crippen molar-refractivity contribution in [2.24, 2.45) is 7.05 Å². The van der Waals surface area contributed by atoms with Gasteiger partial charge in [0.05, 0.1) is 19.1 Å². The molecule has 6 nitrogen and oxygen atoms in total. The van der Waals surface area contributed by atoms with Crippen LogP contribution in [0.4, 0.5) is 0 Å². The van der Waals surface area contributed by atoms with Crippen molar-refractivity contribution in [1.82, 2.24) is 9.29 Å². The molecule has 0 saturated heterocycles. The van der Waals surface area contributed by atoms with Crippen LogP contribution in [0, 0.1) is 0 Å². The molecule has 0 aliphatic heterocycles. The number of hydrogen-bond acceptors (Lipinski definition) is 4. The Morgan fingerprint density at radius 3 is 2.50 bits per heavy atom. The summed E-state index contributed by atoms with van der Waals surface area (Å²) in [5.41, 5.74) is 2.24. The molecule has 2 aromatic carbocycles. The third-order valence-corrected chi connectivity index (χ3v) is 5.79. The van der Waals surface area contributed by atoms with E-state index in [-0.39, 0.29) is 4.90 Å². The minimum Gasteiger partial charge on any atom is -0.493 e. The van der Waals surface area contributed by atoms with Gasteiger partial charge in [0.15, 0.2) is 11.5 Å². The number of aromatic nitrogens is 1. The van der Waals surface area contributed by atoms with E-state index in [4.69, 9.17) is 9.47 Å². The van der Waals surface area contributed by atoms with Crippen LogP contribution in [0.3, 0.4) is 0 Å². The van der Waals surface area contributed by atoms with Crippen LogP contribution in [0.1, 0.15) is 5.56 Å². The minimum atomic E-state index is -3.63. The summed E-state index contributed by atoms with van der Waals surface area (Å²) in [5.74, 6) is 0.867. The number of methoxy groups -OCH3 is 2. The predicted molar refractivity (Wildman–Crippen MR) is 101 cm³/mol. The Kier molecular flexibility index (Phi) is 5.20. The quantitative estimate of drug-likeness (QED) is 0.690. The normalized spacial score (nSPS) is 11.7. The van der Waals surface area contributed by atoms with Crippen molar-refractivity contribution in [2.75, 3.05) is 20.8 Å². The zero-order valence-electron chi connectivity index (χ0n) is 15.0. The van der Waals surface area contributed by atoms with Crippen molar-refractivity contribution in [1.29, 1.82) is 0 Å². The van der Waals surface area contributed by atoms with Crippen LogP contribution >= 0.6 is 0 Å². The lowest BCUT2D eigenvalue weighted by molar-refractivity contribution is 0.354. The van der Waals surface area contributed by atoms with Crippen LogP contribution in [0.15, 0.2) is 53.6 Å². The summed E-state index contributed by atoms with van der Waals surface area (Å²) >= 11 is 0. The summed E-state index contributed by atoms with van der Waals surface area (Å²) in [6, 6.07) is 12.6. The van der Waals surface area contributed by atoms with Gasteiger partial charge in [-0.3, -0.25) is 0 Å². The fraction of sp³-hybridized carbons (Fsp3) is 0.263. The van der Waals surface area contributed by atoms with Crippen LogP contribution in [0.25, 0.3) is 10.9 Å². The first-order valence-corrected chi connectivity index (χ1v) is 9.69. The average Bonchev–Trinajstić information content (AvgIpc) is 2.97. The molecule has 0 radical (unpaired) electrons. The molecule has 1 heterocycles. The van der Waals surface area contributed by atoms with Gasteiger partial charge in [-0.05, 0) is 30.2 Å². The van der Waals surface area contributed by atoms with Gasteiger partial charge in [0, 0.05) is 36.8 Å². The van der Waals surface area contributed by atoms with Crippen LogP contribution in [-0.4, -0.2) is 33.7 Å². The highest BCUT2D eigenvalue weighted by Crippen LogP contribution is 2.29. The van der Waals surface area contributed by atoms with Gasteiger partial charge in [-0.2, -0.15) is 0 Å². The second kappa shape index (κ2) is 7.39. The van der Waals surface area contributed by atoms with Crippen molar-refractivity contribution < 1.29 is 17.9 Å². The molecule has 138 valence electrons. The van der Waals surface area contributed by atoms with Crippen LogP contribution in [0.5, 0.6) is 11.5 Å². The van der Waals surface area contributed by atoms with Gasteiger partial charge in [-0.1, -0.05) is 18.2 Å². The molecule has 0 unspecified atom stereocenters. The van der Waals surface area contributed by atoms with Gasteiger partial charge in [0.1, 0.15) is 0 Å². The smallest absolute Gasteiger partial charge is 0.240 e. The molecule has 0 fully saturated rings. The third kappa shape index (κ3) is 3.54. The van der Waals surface area contributed by atoms with E-state index in [1.165, 1.54) is 26.4 Å². The molecule has 26 heavy (non-hydrogen) atoms. The second-order valence-corrected chi connectivity index (χ2v) is 7.71. The van der Waals surface area contributed by atoms with Crippen LogP contribution in [0.2, 0.25) is 0 Å². The molecular weight excluding hydrogens is 352 g/mol. The number of nitrogens with one attached hydrogen (secondary N) is 1. The molecule has 0 atom stereocenters. The second-order valence-electron chi connectivity index (χ2n) is 5.95. The number of hydrogen-bond donors (Lipinski definition) is 1. The molecular formula is C19H22N2O4S. The molecule has 1 aromatic heterocycles. The average molecular weight is 374 g/mol. The lowest BCUT2D eigenvalue weighted by atomic mass is 10.1. The summed E-state index contributed by atoms with van der Waals surface area (Å²) in [6.45, 7) is 0.310. The SMILES string of the molecule is COc1ccc(S(=O)(=O)NCCc2cn(C)c3ccccc23)cc1OC. The zero-order valence-corrected chi connectivity index (χ0v) is 15.8. The summed E-state index contributed by atoms with van der Waals surface area (Å²) in [5, 5.41) is 1.14. The predicted octanol–water partition coefficient (Wildman–Crippen LogP) is 2.72. The molecule has 0 bridgehead atoms. The number of fused-ring (bicyclic) bond motifs is 1. The monoisotopic (exact) mass is 374 g/mol. The van der Waals surface area contributed by atoms with E-state index >= 15 is 0 Å². The molecule has 0 spiro atoms. The van der Waals surface area contributed by atoms with Crippen molar-refractivity contribution >= 4 is 20.9 Å². The number of ether oxygens (including phenoxy) is 2. The van der Waals surface area contributed by atoms with E-state index < -0.39 is 10.0 Å². The van der Waals surface area contributed by atoms with Crippen molar-refractivity contribution in [3.8, 4) is 11.5 Å². The maximum atomic E-state index is 12.5. The topological polar surface area (TPSA) is 69.6 Å². The third-order valence-electron chi connectivity index (χ3n) is 4.33. The number of sulfonamides is 1. The molecule has 3 aromatic rings. The Morgan fingerprint density at radius 2 is 1.77 bits per heavy atom. The first kappa shape index (κ1) is 18.3. The van der Waals surface area contributed by atoms with Gasteiger partial charge in [0.2, 0.25) is 10.0 Å². The molecule has 0 amide bonds. The molecule has 0 saturated carbocycles. The van der Waals surface area contributed by atoms with Crippen LogP contribution < -0.4 is 14.2 Å².